The Bertz CT molecular complexity index is 1040. The molecule has 0 fully saturated rings. The number of esters is 2. The van der Waals surface area contributed by atoms with Crippen LogP contribution in [-0.4, -0.2) is 49.3 Å². The third-order valence-electron chi connectivity index (χ3n) is 11.1. The van der Waals surface area contributed by atoms with Crippen LogP contribution in [0.25, 0.3) is 0 Å². The van der Waals surface area contributed by atoms with Crippen LogP contribution in [0.15, 0.2) is 24.3 Å². The molecule has 0 rings (SSSR count). The highest BCUT2D eigenvalue weighted by atomic mass is 31.2. The molecule has 0 aliphatic rings. The van der Waals surface area contributed by atoms with Gasteiger partial charge in [-0.15, -0.1) is 0 Å². The van der Waals surface area contributed by atoms with Crippen molar-refractivity contribution in [3.8, 4) is 0 Å². The summed E-state index contributed by atoms with van der Waals surface area (Å²) in [6, 6.07) is 0. The van der Waals surface area contributed by atoms with Gasteiger partial charge in [-0.25, -0.2) is 4.57 Å². The number of hydrogen-bond acceptors (Lipinski definition) is 8. The smallest absolute Gasteiger partial charge is 0.462 e. The lowest BCUT2D eigenvalue weighted by Crippen LogP contribution is -2.29. The fraction of sp³-hybridized carbons (Fsp3) is 0.880. The number of rotatable bonds is 48. The minimum absolute atomic E-state index is 0.0536. The number of ether oxygens (including phenoxy) is 2. The Balaban J connectivity index is 4.03. The van der Waals surface area contributed by atoms with Crippen LogP contribution < -0.4 is 5.73 Å². The molecule has 0 aliphatic carbocycles. The van der Waals surface area contributed by atoms with Crippen molar-refractivity contribution in [2.75, 3.05) is 26.4 Å². The second-order valence-electron chi connectivity index (χ2n) is 17.0. The zero-order chi connectivity index (χ0) is 43.9. The van der Waals surface area contributed by atoms with Gasteiger partial charge in [0.2, 0.25) is 0 Å². The van der Waals surface area contributed by atoms with Crippen molar-refractivity contribution >= 4 is 19.8 Å². The molecule has 0 aliphatic heterocycles. The van der Waals surface area contributed by atoms with Crippen molar-refractivity contribution in [3.63, 3.8) is 0 Å². The van der Waals surface area contributed by atoms with Crippen LogP contribution in [0.2, 0.25) is 0 Å². The van der Waals surface area contributed by atoms with Gasteiger partial charge in [0.05, 0.1) is 13.2 Å². The van der Waals surface area contributed by atoms with Crippen molar-refractivity contribution in [1.82, 2.24) is 0 Å². The van der Waals surface area contributed by atoms with Gasteiger partial charge in [-0.2, -0.15) is 0 Å². The van der Waals surface area contributed by atoms with E-state index in [0.717, 1.165) is 57.8 Å². The fourth-order valence-electron chi connectivity index (χ4n) is 7.27. The van der Waals surface area contributed by atoms with Gasteiger partial charge in [-0.05, 0) is 64.2 Å². The molecule has 0 aromatic rings. The highest BCUT2D eigenvalue weighted by molar-refractivity contribution is 7.47. The molecule has 0 heterocycles. The molecule has 9 nitrogen and oxygen atoms in total. The van der Waals surface area contributed by atoms with Crippen molar-refractivity contribution in [1.29, 1.82) is 0 Å². The molecule has 0 saturated carbocycles. The van der Waals surface area contributed by atoms with Gasteiger partial charge in [0.25, 0.3) is 0 Å². The highest BCUT2D eigenvalue weighted by Gasteiger charge is 2.26. The Kier molecular flexibility index (Phi) is 45.8. The Morgan fingerprint density at radius 2 is 0.817 bits per heavy atom. The topological polar surface area (TPSA) is 134 Å². The Hall–Kier alpha value is -1.51. The normalized spacial score (nSPS) is 13.3. The third kappa shape index (κ3) is 46.0. The third-order valence-corrected chi connectivity index (χ3v) is 12.0. The molecule has 354 valence electrons. The Morgan fingerprint density at radius 3 is 1.18 bits per heavy atom. The molecule has 0 aromatic heterocycles. The van der Waals surface area contributed by atoms with Crippen LogP contribution in [0.4, 0.5) is 0 Å². The van der Waals surface area contributed by atoms with Crippen LogP contribution in [0.1, 0.15) is 251 Å². The van der Waals surface area contributed by atoms with Crippen LogP contribution in [0, 0.1) is 0 Å². The van der Waals surface area contributed by atoms with E-state index in [1.807, 2.05) is 0 Å². The van der Waals surface area contributed by atoms with E-state index in [9.17, 15) is 19.0 Å². The zero-order valence-corrected chi connectivity index (χ0v) is 40.1. The molecule has 0 bridgehead atoms. The largest absolute Gasteiger partial charge is 0.472 e. The average molecular weight is 870 g/mol. The first kappa shape index (κ1) is 58.5. The van der Waals surface area contributed by atoms with Gasteiger partial charge < -0.3 is 20.1 Å². The van der Waals surface area contributed by atoms with E-state index in [2.05, 4.69) is 38.2 Å². The minimum Gasteiger partial charge on any atom is -0.462 e. The van der Waals surface area contributed by atoms with Crippen LogP contribution in [0.5, 0.6) is 0 Å². The van der Waals surface area contributed by atoms with Gasteiger partial charge in [-0.1, -0.05) is 199 Å². The van der Waals surface area contributed by atoms with E-state index in [-0.39, 0.29) is 38.6 Å². The summed E-state index contributed by atoms with van der Waals surface area (Å²) < 4.78 is 32.9. The molecule has 2 unspecified atom stereocenters. The van der Waals surface area contributed by atoms with Crippen molar-refractivity contribution in [2.24, 2.45) is 5.73 Å². The van der Waals surface area contributed by atoms with Crippen LogP contribution in [-0.2, 0) is 32.7 Å². The maximum Gasteiger partial charge on any atom is 0.472 e. The van der Waals surface area contributed by atoms with E-state index < -0.39 is 26.5 Å². The van der Waals surface area contributed by atoms with Gasteiger partial charge in [0, 0.05) is 19.4 Å². The number of phosphoric acid groups is 1. The fourth-order valence-corrected chi connectivity index (χ4v) is 8.04. The summed E-state index contributed by atoms with van der Waals surface area (Å²) in [6.45, 7) is 3.76. The highest BCUT2D eigenvalue weighted by Crippen LogP contribution is 2.43. The standard InChI is InChI=1S/C50H96NO8P/c1-3-5-7-9-11-13-15-17-19-21-22-23-24-25-26-27-29-31-33-35-37-39-41-43-50(53)59-48(47-58-60(54,55)57-45-44-51)46-56-49(52)42-40-38-36-34-32-30-28-20-18-16-14-12-10-8-6-4-2/h20-22,28,48H,3-19,23-27,29-47,51H2,1-2H3,(H,54,55)/b22-21-,28-20-. The van der Waals surface area contributed by atoms with Crippen molar-refractivity contribution in [2.45, 2.75) is 258 Å². The summed E-state index contributed by atoms with van der Waals surface area (Å²) in [5.41, 5.74) is 5.36. The number of allylic oxidation sites excluding steroid dienone is 4. The molecule has 0 aromatic carbocycles. The van der Waals surface area contributed by atoms with Gasteiger partial charge in [0.15, 0.2) is 6.10 Å². The summed E-state index contributed by atoms with van der Waals surface area (Å²) in [5, 5.41) is 0. The predicted octanol–water partition coefficient (Wildman–Crippen LogP) is 15.1. The molecule has 0 radical (unpaired) electrons. The van der Waals surface area contributed by atoms with Crippen LogP contribution in [0.3, 0.4) is 0 Å². The number of phosphoric ester groups is 1. The van der Waals surface area contributed by atoms with E-state index in [4.69, 9.17) is 24.3 Å². The summed E-state index contributed by atoms with van der Waals surface area (Å²) in [4.78, 5) is 35.0. The summed E-state index contributed by atoms with van der Waals surface area (Å²) in [6.07, 6.45) is 52.2. The van der Waals surface area contributed by atoms with Gasteiger partial charge in [-0.3, -0.25) is 18.6 Å². The molecule has 0 saturated heterocycles. The first-order chi connectivity index (χ1) is 29.3. The van der Waals surface area contributed by atoms with Crippen molar-refractivity contribution in [3.05, 3.63) is 24.3 Å². The van der Waals surface area contributed by atoms with Crippen LogP contribution >= 0.6 is 7.82 Å². The number of hydrogen-bond donors (Lipinski definition) is 2. The van der Waals surface area contributed by atoms with Crippen molar-refractivity contribution < 1.29 is 37.6 Å². The quantitative estimate of drug-likeness (QED) is 0.0265. The molecular formula is C50H96NO8P. The number of unbranched alkanes of at least 4 members (excludes halogenated alkanes) is 31. The zero-order valence-electron chi connectivity index (χ0n) is 39.2. The Morgan fingerprint density at radius 1 is 0.483 bits per heavy atom. The van der Waals surface area contributed by atoms with Gasteiger partial charge >= 0.3 is 19.8 Å². The maximum atomic E-state index is 12.6. The van der Waals surface area contributed by atoms with E-state index in [1.54, 1.807) is 0 Å². The lowest BCUT2D eigenvalue weighted by atomic mass is 10.0. The summed E-state index contributed by atoms with van der Waals surface area (Å²) in [5.74, 6) is -0.829. The number of carbonyl (C=O) groups excluding carboxylic acids is 2. The minimum atomic E-state index is -4.38. The SMILES string of the molecule is CCCCCCCCC/C=C\CCCCCCCC(=O)OCC(COP(=O)(O)OCCN)OC(=O)CCCCCCCCCCCCC/C=C\CCCCCCCCCC. The van der Waals surface area contributed by atoms with Gasteiger partial charge in [0.1, 0.15) is 6.61 Å². The first-order valence-electron chi connectivity index (χ1n) is 25.3. The van der Waals surface area contributed by atoms with E-state index in [0.29, 0.717) is 6.42 Å². The molecule has 0 amide bonds. The molecule has 0 spiro atoms. The van der Waals surface area contributed by atoms with E-state index in [1.165, 1.54) is 161 Å². The second kappa shape index (κ2) is 47.0. The number of nitrogens with two attached hydrogens (primary N) is 1. The summed E-state index contributed by atoms with van der Waals surface area (Å²) in [7, 11) is -4.38. The summed E-state index contributed by atoms with van der Waals surface area (Å²) >= 11 is 0. The lowest BCUT2D eigenvalue weighted by molar-refractivity contribution is -0.161. The monoisotopic (exact) mass is 870 g/mol. The van der Waals surface area contributed by atoms with E-state index >= 15 is 0 Å². The number of carbonyl (C=O) groups is 2. The Labute approximate surface area is 370 Å². The average Bonchev–Trinajstić information content (AvgIpc) is 3.24. The second-order valence-corrected chi connectivity index (χ2v) is 18.5. The molecule has 2 atom stereocenters. The molecule has 3 N–H and O–H groups in total. The molecule has 60 heavy (non-hydrogen) atoms. The maximum absolute atomic E-state index is 12.6. The molecular weight excluding hydrogens is 774 g/mol. The lowest BCUT2D eigenvalue weighted by Gasteiger charge is -2.19. The first-order valence-corrected chi connectivity index (χ1v) is 26.8. The molecule has 10 heteroatoms. The predicted molar refractivity (Wildman–Crippen MR) is 252 cm³/mol.